The van der Waals surface area contributed by atoms with Gasteiger partial charge in [-0.25, -0.2) is 9.13 Å². The summed E-state index contributed by atoms with van der Waals surface area (Å²) >= 11 is 0. The quantitative estimate of drug-likeness (QED) is 0.0222. The highest BCUT2D eigenvalue weighted by Gasteiger charge is 2.30. The van der Waals surface area contributed by atoms with Crippen molar-refractivity contribution in [2.24, 2.45) is 5.92 Å². The van der Waals surface area contributed by atoms with E-state index in [-0.39, 0.29) is 25.7 Å². The normalized spacial score (nSPS) is 14.1. The van der Waals surface area contributed by atoms with Crippen molar-refractivity contribution in [3.05, 3.63) is 0 Å². The van der Waals surface area contributed by atoms with Crippen molar-refractivity contribution in [3.8, 4) is 0 Å². The van der Waals surface area contributed by atoms with Gasteiger partial charge in [-0.2, -0.15) is 0 Å². The Kier molecular flexibility index (Phi) is 60.2. The first-order chi connectivity index (χ1) is 42.0. The Balaban J connectivity index is 5.09. The largest absolute Gasteiger partial charge is 0.472 e. The van der Waals surface area contributed by atoms with Crippen LogP contribution in [0.25, 0.3) is 0 Å². The maximum Gasteiger partial charge on any atom is 0.472 e. The van der Waals surface area contributed by atoms with Gasteiger partial charge in [0.1, 0.15) is 19.3 Å². The van der Waals surface area contributed by atoms with Crippen LogP contribution in [0.2, 0.25) is 0 Å². The molecule has 0 aliphatic rings. The average molecular weight is 1280 g/mol. The maximum atomic E-state index is 13.0. The second kappa shape index (κ2) is 61.6. The smallest absolute Gasteiger partial charge is 0.462 e. The number of unbranched alkanes of at least 4 members (excludes halogenated alkanes) is 40. The fourth-order valence-electron chi connectivity index (χ4n) is 10.3. The van der Waals surface area contributed by atoms with Crippen LogP contribution in [-0.2, 0) is 65.4 Å². The highest BCUT2D eigenvalue weighted by molar-refractivity contribution is 7.47. The lowest BCUT2D eigenvalue weighted by atomic mass is 10.0. The molecule has 0 bridgehead atoms. The molecular weight excluding hydrogens is 1150 g/mol. The summed E-state index contributed by atoms with van der Waals surface area (Å²) in [4.78, 5) is 72.0. The molecule has 0 aromatic rings. The Morgan fingerprint density at radius 2 is 0.529 bits per heavy atom. The fourth-order valence-corrected chi connectivity index (χ4v) is 11.9. The van der Waals surface area contributed by atoms with Crippen LogP contribution in [0.5, 0.6) is 0 Å². The van der Waals surface area contributed by atoms with Gasteiger partial charge in [0.25, 0.3) is 0 Å². The third kappa shape index (κ3) is 62.6. The molecule has 0 spiro atoms. The lowest BCUT2D eigenvalue weighted by Crippen LogP contribution is -2.30. The van der Waals surface area contributed by atoms with E-state index in [4.69, 9.17) is 37.0 Å². The predicted molar refractivity (Wildman–Crippen MR) is 349 cm³/mol. The fraction of sp³-hybridized carbons (Fsp3) is 0.941. The van der Waals surface area contributed by atoms with Gasteiger partial charge in [-0.15, -0.1) is 0 Å². The first-order valence-corrected chi connectivity index (χ1v) is 38.6. The molecule has 0 aromatic carbocycles. The van der Waals surface area contributed by atoms with Gasteiger partial charge in [-0.05, 0) is 31.6 Å². The first kappa shape index (κ1) is 85.1. The predicted octanol–water partition coefficient (Wildman–Crippen LogP) is 19.4. The molecule has 0 saturated heterocycles. The maximum absolute atomic E-state index is 13.0. The Hall–Kier alpha value is -1.94. The lowest BCUT2D eigenvalue weighted by Gasteiger charge is -2.21. The number of esters is 4. The monoisotopic (exact) mass is 1280 g/mol. The number of hydrogen-bond donors (Lipinski definition) is 3. The minimum Gasteiger partial charge on any atom is -0.462 e. The zero-order chi connectivity index (χ0) is 64.2. The van der Waals surface area contributed by atoms with Crippen LogP contribution in [0.15, 0.2) is 0 Å². The van der Waals surface area contributed by atoms with E-state index < -0.39 is 97.5 Å². The molecule has 0 aliphatic carbocycles. The van der Waals surface area contributed by atoms with E-state index in [0.717, 1.165) is 109 Å². The molecule has 0 amide bonds. The van der Waals surface area contributed by atoms with Gasteiger partial charge in [0.05, 0.1) is 26.4 Å². The molecule has 0 heterocycles. The summed E-state index contributed by atoms with van der Waals surface area (Å²) in [5, 5.41) is 10.5. The second-order valence-corrected chi connectivity index (χ2v) is 27.9. The molecule has 87 heavy (non-hydrogen) atoms. The average Bonchev–Trinajstić information content (AvgIpc) is 3.63. The SMILES string of the molecule is CCCCCCCCCCCCCCCCCCCCCCCC(=O)O[C@H](COC(=O)CCCCCCCCCCCCC(C)C)COP(=O)(O)OC[C@@H](O)COP(=O)(O)OC[C@@H](COC(=O)CCCCCCC)OC(=O)CCCCCCCCCC. The van der Waals surface area contributed by atoms with Gasteiger partial charge < -0.3 is 33.8 Å². The van der Waals surface area contributed by atoms with Crippen LogP contribution in [0.1, 0.15) is 349 Å². The summed E-state index contributed by atoms with van der Waals surface area (Å²) in [6.07, 6.45) is 47.9. The molecule has 2 unspecified atom stereocenters. The summed E-state index contributed by atoms with van der Waals surface area (Å²) in [6, 6.07) is 0. The first-order valence-electron chi connectivity index (χ1n) is 35.6. The van der Waals surface area contributed by atoms with Gasteiger partial charge in [0, 0.05) is 25.7 Å². The van der Waals surface area contributed by atoms with Crippen LogP contribution in [0.4, 0.5) is 0 Å². The van der Waals surface area contributed by atoms with Crippen LogP contribution >= 0.6 is 15.6 Å². The number of aliphatic hydroxyl groups excluding tert-OH is 1. The van der Waals surface area contributed by atoms with Crippen molar-refractivity contribution in [3.63, 3.8) is 0 Å². The zero-order valence-corrected chi connectivity index (χ0v) is 57.9. The zero-order valence-electron chi connectivity index (χ0n) is 56.2. The summed E-state index contributed by atoms with van der Waals surface area (Å²) in [6.45, 7) is 7.10. The second-order valence-electron chi connectivity index (χ2n) is 25.0. The Bertz CT molecular complexity index is 1690. The molecule has 0 radical (unpaired) electrons. The van der Waals surface area contributed by atoms with E-state index in [2.05, 4.69) is 34.6 Å². The standard InChI is InChI=1S/C68H132O17P2/c1-6-9-12-15-17-19-20-21-22-23-24-25-26-27-28-29-30-35-39-44-49-54-68(73)85-64(58-79-66(71)52-47-42-38-34-32-31-33-36-41-45-50-61(4)5)60-83-87(76,77)81-56-62(69)55-80-86(74,75)82-59-63(57-78-65(70)51-46-40-14-11-8-3)84-67(72)53-48-43-37-18-16-13-10-7-2/h61-64,69H,6-60H2,1-5H3,(H,74,75)(H,76,77)/t62-,63+,64+/m0/s1. The molecule has 5 atom stereocenters. The van der Waals surface area contributed by atoms with Crippen molar-refractivity contribution in [1.82, 2.24) is 0 Å². The van der Waals surface area contributed by atoms with Crippen molar-refractivity contribution in [1.29, 1.82) is 0 Å². The molecule has 17 nitrogen and oxygen atoms in total. The third-order valence-corrected chi connectivity index (χ3v) is 17.7. The summed E-state index contributed by atoms with van der Waals surface area (Å²) in [7, 11) is -9.88. The number of ether oxygens (including phenoxy) is 4. The number of rotatable bonds is 68. The topological polar surface area (TPSA) is 237 Å². The van der Waals surface area contributed by atoms with E-state index in [1.165, 1.54) is 161 Å². The molecule has 0 aliphatic heterocycles. The third-order valence-electron chi connectivity index (χ3n) is 15.8. The number of aliphatic hydroxyl groups is 1. The van der Waals surface area contributed by atoms with Gasteiger partial charge >= 0.3 is 39.5 Å². The summed E-state index contributed by atoms with van der Waals surface area (Å²) in [5.41, 5.74) is 0. The van der Waals surface area contributed by atoms with E-state index in [1.807, 2.05) is 0 Å². The number of phosphoric ester groups is 2. The van der Waals surface area contributed by atoms with Crippen LogP contribution in [-0.4, -0.2) is 96.7 Å². The number of phosphoric acid groups is 2. The molecule has 0 fully saturated rings. The van der Waals surface area contributed by atoms with E-state index in [1.54, 1.807) is 0 Å². The lowest BCUT2D eigenvalue weighted by molar-refractivity contribution is -0.161. The van der Waals surface area contributed by atoms with Crippen molar-refractivity contribution < 1.29 is 80.2 Å². The summed E-state index contributed by atoms with van der Waals surface area (Å²) in [5.74, 6) is -1.38. The van der Waals surface area contributed by atoms with Crippen LogP contribution in [0.3, 0.4) is 0 Å². The van der Waals surface area contributed by atoms with Gasteiger partial charge in [-0.3, -0.25) is 37.3 Å². The Labute approximate surface area is 530 Å². The van der Waals surface area contributed by atoms with Gasteiger partial charge in [0.15, 0.2) is 12.2 Å². The molecule has 516 valence electrons. The number of carbonyl (C=O) groups excluding carboxylic acids is 4. The highest BCUT2D eigenvalue weighted by Crippen LogP contribution is 2.45. The van der Waals surface area contributed by atoms with E-state index in [9.17, 15) is 43.2 Å². The van der Waals surface area contributed by atoms with E-state index in [0.29, 0.717) is 25.7 Å². The molecular formula is C68H132O17P2. The highest BCUT2D eigenvalue weighted by atomic mass is 31.2. The minimum absolute atomic E-state index is 0.104. The number of carbonyl (C=O) groups is 4. The van der Waals surface area contributed by atoms with Crippen molar-refractivity contribution in [2.45, 2.75) is 368 Å². The Morgan fingerprint density at radius 3 is 0.782 bits per heavy atom. The van der Waals surface area contributed by atoms with E-state index >= 15 is 0 Å². The Morgan fingerprint density at radius 1 is 0.310 bits per heavy atom. The molecule has 3 N–H and O–H groups in total. The molecule has 0 aromatic heterocycles. The van der Waals surface area contributed by atoms with Crippen molar-refractivity contribution in [2.75, 3.05) is 39.6 Å². The summed E-state index contributed by atoms with van der Waals surface area (Å²) < 4.78 is 67.9. The molecule has 0 saturated carbocycles. The van der Waals surface area contributed by atoms with Crippen LogP contribution in [0, 0.1) is 5.92 Å². The number of hydrogen-bond acceptors (Lipinski definition) is 15. The minimum atomic E-state index is -4.95. The molecule has 0 rings (SSSR count). The van der Waals surface area contributed by atoms with Gasteiger partial charge in [0.2, 0.25) is 0 Å². The van der Waals surface area contributed by atoms with Gasteiger partial charge in [-0.1, -0.05) is 298 Å². The van der Waals surface area contributed by atoms with Crippen molar-refractivity contribution >= 4 is 39.5 Å². The van der Waals surface area contributed by atoms with Crippen LogP contribution < -0.4 is 0 Å². The molecule has 19 heteroatoms.